The van der Waals surface area contributed by atoms with E-state index >= 15 is 0 Å². The molecule has 0 saturated heterocycles. The fourth-order valence-electron chi connectivity index (χ4n) is 1.36. The first-order chi connectivity index (χ1) is 7.16. The van der Waals surface area contributed by atoms with Crippen LogP contribution in [0.2, 0.25) is 0 Å². The predicted molar refractivity (Wildman–Crippen MR) is 56.4 cm³/mol. The average Bonchev–Trinajstić information content (AvgIpc) is 2.26. The molecule has 82 valence electrons. The van der Waals surface area contributed by atoms with Crippen molar-refractivity contribution in [3.8, 4) is 0 Å². The van der Waals surface area contributed by atoms with Gasteiger partial charge in [-0.05, 0) is 12.5 Å². The van der Waals surface area contributed by atoms with Crippen molar-refractivity contribution in [3.05, 3.63) is 35.9 Å². The van der Waals surface area contributed by atoms with Crippen LogP contribution in [-0.4, -0.2) is 23.7 Å². The number of carboxylic acids is 1. The van der Waals surface area contributed by atoms with Crippen molar-refractivity contribution in [1.29, 1.82) is 0 Å². The summed E-state index contributed by atoms with van der Waals surface area (Å²) in [5.41, 5.74) is 6.34. The number of hydrogen-bond donors (Lipinski definition) is 2. The minimum Gasteiger partial charge on any atom is -0.480 e. The molecule has 0 aromatic heterocycles. The van der Waals surface area contributed by atoms with Gasteiger partial charge < -0.3 is 15.6 Å². The van der Waals surface area contributed by atoms with Crippen LogP contribution >= 0.6 is 0 Å². The third-order valence-corrected chi connectivity index (χ3v) is 2.09. The maximum absolute atomic E-state index is 10.8. The minimum absolute atomic E-state index is 0.431. The smallest absolute Gasteiger partial charge is 0.323 e. The summed E-state index contributed by atoms with van der Waals surface area (Å²) in [6, 6.07) is 8.10. The number of ether oxygens (including phenoxy) is 1. The van der Waals surface area contributed by atoms with Gasteiger partial charge in [0.05, 0.1) is 0 Å². The quantitative estimate of drug-likeness (QED) is 0.763. The van der Waals surface area contributed by atoms with E-state index in [2.05, 4.69) is 0 Å². The van der Waals surface area contributed by atoms with Gasteiger partial charge in [-0.2, -0.15) is 0 Å². The van der Waals surface area contributed by atoms with Gasteiger partial charge in [0, 0.05) is 6.61 Å². The van der Waals surface area contributed by atoms with Crippen molar-refractivity contribution in [2.45, 2.75) is 19.1 Å². The summed E-state index contributed by atoms with van der Waals surface area (Å²) in [5.74, 6) is -1.06. The first kappa shape index (κ1) is 11.7. The van der Waals surface area contributed by atoms with Gasteiger partial charge in [0.25, 0.3) is 0 Å². The van der Waals surface area contributed by atoms with Crippen LogP contribution in [0.15, 0.2) is 30.3 Å². The normalized spacial score (nSPS) is 14.5. The molecular formula is C11H15NO3. The molecule has 0 amide bonds. The molecule has 1 unspecified atom stereocenters. The highest BCUT2D eigenvalue weighted by Crippen LogP contribution is 2.20. The van der Waals surface area contributed by atoms with Gasteiger partial charge in [0.2, 0.25) is 0 Å². The van der Waals surface area contributed by atoms with Gasteiger partial charge in [0.1, 0.15) is 12.1 Å². The first-order valence-corrected chi connectivity index (χ1v) is 4.81. The number of nitrogens with two attached hydrogens (primary N) is 1. The minimum atomic E-state index is -1.06. The van der Waals surface area contributed by atoms with Gasteiger partial charge in [0.15, 0.2) is 0 Å². The first-order valence-electron chi connectivity index (χ1n) is 4.81. The summed E-state index contributed by atoms with van der Waals surface area (Å²) >= 11 is 0. The fraction of sp³-hybridized carbons (Fsp3) is 0.364. The molecule has 15 heavy (non-hydrogen) atoms. The molecule has 1 rings (SSSR count). The Morgan fingerprint density at radius 2 is 2.07 bits per heavy atom. The maximum atomic E-state index is 10.8. The van der Waals surface area contributed by atoms with Crippen molar-refractivity contribution < 1.29 is 14.6 Å². The number of aliphatic carboxylic acids is 1. The van der Waals surface area contributed by atoms with E-state index in [4.69, 9.17) is 15.6 Å². The highest BCUT2D eigenvalue weighted by Gasteiger charge is 2.25. The Hall–Kier alpha value is -1.39. The lowest BCUT2D eigenvalue weighted by atomic mass is 10.0. The second-order valence-corrected chi connectivity index (χ2v) is 3.15. The summed E-state index contributed by atoms with van der Waals surface area (Å²) in [4.78, 5) is 10.8. The molecule has 2 atom stereocenters. The number of benzene rings is 1. The molecule has 4 heteroatoms. The standard InChI is InChI=1S/C11H15NO3/c1-2-15-10(9(12)11(13)14)8-6-4-3-5-7-8/h3-7,9-10H,2,12H2,1H3,(H,13,14)/t9-,10?/m0/s1. The van der Waals surface area contributed by atoms with Gasteiger partial charge >= 0.3 is 5.97 Å². The zero-order chi connectivity index (χ0) is 11.3. The van der Waals surface area contributed by atoms with Gasteiger partial charge in [-0.15, -0.1) is 0 Å². The van der Waals surface area contributed by atoms with Gasteiger partial charge in [-0.1, -0.05) is 30.3 Å². The van der Waals surface area contributed by atoms with Crippen LogP contribution < -0.4 is 5.73 Å². The molecule has 0 bridgehead atoms. The SMILES string of the molecule is CCOC(c1ccccc1)[C@H](N)C(=O)O. The molecule has 1 aromatic rings. The Balaban J connectivity index is 2.87. The Morgan fingerprint density at radius 1 is 1.47 bits per heavy atom. The van der Waals surface area contributed by atoms with Crippen molar-refractivity contribution in [2.75, 3.05) is 6.61 Å². The van der Waals surface area contributed by atoms with E-state index in [1.54, 1.807) is 0 Å². The molecule has 0 spiro atoms. The van der Waals surface area contributed by atoms with Crippen molar-refractivity contribution in [1.82, 2.24) is 0 Å². The zero-order valence-corrected chi connectivity index (χ0v) is 8.59. The molecule has 0 aliphatic rings. The molecule has 0 saturated carbocycles. The second kappa shape index (κ2) is 5.48. The van der Waals surface area contributed by atoms with Crippen LogP contribution in [0.4, 0.5) is 0 Å². The molecular weight excluding hydrogens is 194 g/mol. The van der Waals surface area contributed by atoms with E-state index in [1.165, 1.54) is 0 Å². The largest absolute Gasteiger partial charge is 0.480 e. The summed E-state index contributed by atoms with van der Waals surface area (Å²) in [6.45, 7) is 2.24. The predicted octanol–water partition coefficient (Wildman–Crippen LogP) is 1.18. The number of carboxylic acid groups (broad SMARTS) is 1. The fourth-order valence-corrected chi connectivity index (χ4v) is 1.36. The summed E-state index contributed by atoms with van der Waals surface area (Å²) in [5, 5.41) is 8.84. The lowest BCUT2D eigenvalue weighted by molar-refractivity contribution is -0.142. The van der Waals surface area contributed by atoms with E-state index < -0.39 is 18.1 Å². The Labute approximate surface area is 88.7 Å². The summed E-state index contributed by atoms with van der Waals surface area (Å²) in [7, 11) is 0. The highest BCUT2D eigenvalue weighted by atomic mass is 16.5. The van der Waals surface area contributed by atoms with Crippen LogP contribution in [0.3, 0.4) is 0 Å². The average molecular weight is 209 g/mol. The molecule has 0 aliphatic heterocycles. The van der Waals surface area contributed by atoms with Crippen molar-refractivity contribution in [3.63, 3.8) is 0 Å². The van der Waals surface area contributed by atoms with Gasteiger partial charge in [-0.25, -0.2) is 0 Å². The van der Waals surface area contributed by atoms with E-state index in [9.17, 15) is 4.79 Å². The number of carbonyl (C=O) groups is 1. The van der Waals surface area contributed by atoms with Crippen molar-refractivity contribution in [2.24, 2.45) is 5.73 Å². The molecule has 1 aromatic carbocycles. The summed E-state index contributed by atoms with van der Waals surface area (Å²) < 4.78 is 5.35. The lowest BCUT2D eigenvalue weighted by Crippen LogP contribution is -2.37. The Morgan fingerprint density at radius 3 is 2.53 bits per heavy atom. The topological polar surface area (TPSA) is 72.5 Å². The molecule has 0 aliphatic carbocycles. The van der Waals surface area contributed by atoms with Crippen LogP contribution in [0, 0.1) is 0 Å². The third kappa shape index (κ3) is 3.04. The van der Waals surface area contributed by atoms with E-state index in [0.29, 0.717) is 6.61 Å². The van der Waals surface area contributed by atoms with Crippen molar-refractivity contribution >= 4 is 5.97 Å². The molecule has 0 heterocycles. The number of hydrogen-bond acceptors (Lipinski definition) is 3. The third-order valence-electron chi connectivity index (χ3n) is 2.09. The van der Waals surface area contributed by atoms with Crippen LogP contribution in [0.25, 0.3) is 0 Å². The molecule has 3 N–H and O–H groups in total. The van der Waals surface area contributed by atoms with Crippen LogP contribution in [0.1, 0.15) is 18.6 Å². The van der Waals surface area contributed by atoms with E-state index in [-0.39, 0.29) is 0 Å². The molecule has 0 fully saturated rings. The van der Waals surface area contributed by atoms with Crippen LogP contribution in [0.5, 0.6) is 0 Å². The van der Waals surface area contributed by atoms with Crippen LogP contribution in [-0.2, 0) is 9.53 Å². The highest BCUT2D eigenvalue weighted by molar-refractivity contribution is 5.74. The maximum Gasteiger partial charge on any atom is 0.323 e. The van der Waals surface area contributed by atoms with E-state index in [0.717, 1.165) is 5.56 Å². The lowest BCUT2D eigenvalue weighted by Gasteiger charge is -2.20. The zero-order valence-electron chi connectivity index (χ0n) is 8.59. The Bertz CT molecular complexity index is 313. The van der Waals surface area contributed by atoms with Gasteiger partial charge in [-0.3, -0.25) is 4.79 Å². The molecule has 4 nitrogen and oxygen atoms in total. The molecule has 0 radical (unpaired) electrons. The Kier molecular flexibility index (Phi) is 4.27. The summed E-state index contributed by atoms with van der Waals surface area (Å²) in [6.07, 6.45) is -0.589. The second-order valence-electron chi connectivity index (χ2n) is 3.15. The van der Waals surface area contributed by atoms with E-state index in [1.807, 2.05) is 37.3 Å². The monoisotopic (exact) mass is 209 g/mol. The number of rotatable bonds is 5.